The number of aliphatic carboxylic acids is 1. The van der Waals surface area contributed by atoms with Crippen LogP contribution in [0.1, 0.15) is 25.7 Å². The van der Waals surface area contributed by atoms with E-state index in [4.69, 9.17) is 5.11 Å². The Morgan fingerprint density at radius 3 is 2.72 bits per heavy atom. The lowest BCUT2D eigenvalue weighted by atomic mass is 10.0. The number of urea groups is 1. The first-order valence-electron chi connectivity index (χ1n) is 5.90. The molecular formula is C11H18N2O5. The van der Waals surface area contributed by atoms with E-state index in [1.807, 2.05) is 0 Å². The van der Waals surface area contributed by atoms with E-state index in [0.717, 1.165) is 12.8 Å². The molecule has 0 aromatic rings. The van der Waals surface area contributed by atoms with Gasteiger partial charge < -0.3 is 20.1 Å². The lowest BCUT2D eigenvalue weighted by Crippen LogP contribution is -2.52. The maximum absolute atomic E-state index is 11.8. The molecule has 1 aliphatic rings. The van der Waals surface area contributed by atoms with Gasteiger partial charge in [-0.1, -0.05) is 0 Å². The first-order chi connectivity index (χ1) is 8.56. The first kappa shape index (κ1) is 14.3. The third-order valence-electron chi connectivity index (χ3n) is 2.88. The number of methoxy groups -OCH3 is 1. The highest BCUT2D eigenvalue weighted by atomic mass is 16.5. The molecule has 0 aromatic carbocycles. The number of carbonyl (C=O) groups is 3. The molecule has 0 aliphatic carbocycles. The van der Waals surface area contributed by atoms with Gasteiger partial charge in [0.05, 0.1) is 13.5 Å². The monoisotopic (exact) mass is 258 g/mol. The Morgan fingerprint density at radius 2 is 2.11 bits per heavy atom. The van der Waals surface area contributed by atoms with Gasteiger partial charge in [0.1, 0.15) is 6.04 Å². The Morgan fingerprint density at radius 1 is 1.39 bits per heavy atom. The predicted molar refractivity (Wildman–Crippen MR) is 62.0 cm³/mol. The standard InChI is InChI=1S/C11H18N2O5/c1-18-9(14)5-6-12-11(17)13-7-3-2-4-8(13)10(15)16/h8H,2-7H2,1H3,(H,12,17)(H,15,16). The molecule has 0 aromatic heterocycles. The molecule has 1 atom stereocenters. The molecule has 18 heavy (non-hydrogen) atoms. The third-order valence-corrected chi connectivity index (χ3v) is 2.88. The van der Waals surface area contributed by atoms with Crippen LogP contribution in [0.3, 0.4) is 0 Å². The Kier molecular flexibility index (Phi) is 5.41. The van der Waals surface area contributed by atoms with Gasteiger partial charge in [0.15, 0.2) is 0 Å². The Bertz CT molecular complexity index is 331. The number of esters is 1. The number of piperidine rings is 1. The number of amides is 2. The fraction of sp³-hybridized carbons (Fsp3) is 0.727. The van der Waals surface area contributed by atoms with E-state index < -0.39 is 24.0 Å². The second kappa shape index (κ2) is 6.83. The average molecular weight is 258 g/mol. The second-order valence-electron chi connectivity index (χ2n) is 4.10. The van der Waals surface area contributed by atoms with Crippen LogP contribution in [-0.2, 0) is 14.3 Å². The van der Waals surface area contributed by atoms with Crippen molar-refractivity contribution >= 4 is 18.0 Å². The minimum absolute atomic E-state index is 0.0772. The van der Waals surface area contributed by atoms with Gasteiger partial charge in [-0.15, -0.1) is 0 Å². The van der Waals surface area contributed by atoms with E-state index in [1.165, 1.54) is 12.0 Å². The predicted octanol–water partition coefficient (Wildman–Crippen LogP) is 0.198. The molecule has 7 heteroatoms. The number of hydrogen-bond donors (Lipinski definition) is 2. The number of nitrogens with zero attached hydrogens (tertiary/aromatic N) is 1. The van der Waals surface area contributed by atoms with Crippen LogP contribution in [0.4, 0.5) is 4.79 Å². The zero-order valence-corrected chi connectivity index (χ0v) is 10.3. The van der Waals surface area contributed by atoms with Crippen LogP contribution in [0.2, 0.25) is 0 Å². The lowest BCUT2D eigenvalue weighted by Gasteiger charge is -2.32. The highest BCUT2D eigenvalue weighted by Gasteiger charge is 2.31. The number of carboxylic acids is 1. The highest BCUT2D eigenvalue weighted by Crippen LogP contribution is 2.17. The smallest absolute Gasteiger partial charge is 0.326 e. The van der Waals surface area contributed by atoms with E-state index in [9.17, 15) is 14.4 Å². The maximum atomic E-state index is 11.8. The number of likely N-dealkylation sites (tertiary alicyclic amines) is 1. The summed E-state index contributed by atoms with van der Waals surface area (Å²) in [5.41, 5.74) is 0. The molecule has 0 saturated carbocycles. The van der Waals surface area contributed by atoms with Crippen molar-refractivity contribution in [2.45, 2.75) is 31.7 Å². The minimum Gasteiger partial charge on any atom is -0.480 e. The van der Waals surface area contributed by atoms with Gasteiger partial charge in [-0.2, -0.15) is 0 Å². The quantitative estimate of drug-likeness (QED) is 0.702. The van der Waals surface area contributed by atoms with Crippen LogP contribution >= 0.6 is 0 Å². The van der Waals surface area contributed by atoms with E-state index in [1.54, 1.807) is 0 Å². The van der Waals surface area contributed by atoms with Gasteiger partial charge in [0.25, 0.3) is 0 Å². The number of hydrogen-bond acceptors (Lipinski definition) is 4. The number of nitrogens with one attached hydrogen (secondary N) is 1. The number of carbonyl (C=O) groups excluding carboxylic acids is 2. The van der Waals surface area contributed by atoms with Crippen LogP contribution in [0.25, 0.3) is 0 Å². The number of ether oxygens (including phenoxy) is 1. The SMILES string of the molecule is COC(=O)CCNC(=O)N1CCCCC1C(=O)O. The van der Waals surface area contributed by atoms with Crippen LogP contribution in [0, 0.1) is 0 Å². The van der Waals surface area contributed by atoms with Gasteiger partial charge >= 0.3 is 18.0 Å². The maximum Gasteiger partial charge on any atom is 0.326 e. The zero-order chi connectivity index (χ0) is 13.5. The van der Waals surface area contributed by atoms with Crippen molar-refractivity contribution in [3.8, 4) is 0 Å². The summed E-state index contributed by atoms with van der Waals surface area (Å²) >= 11 is 0. The molecule has 0 radical (unpaired) electrons. The average Bonchev–Trinajstić information content (AvgIpc) is 2.38. The lowest BCUT2D eigenvalue weighted by molar-refractivity contribution is -0.143. The first-order valence-corrected chi connectivity index (χ1v) is 5.90. The van der Waals surface area contributed by atoms with Crippen molar-refractivity contribution in [1.29, 1.82) is 0 Å². The molecule has 2 amide bonds. The molecule has 1 aliphatic heterocycles. The Balaban J connectivity index is 2.43. The van der Waals surface area contributed by atoms with Crippen molar-refractivity contribution < 1.29 is 24.2 Å². The van der Waals surface area contributed by atoms with Crippen molar-refractivity contribution in [2.75, 3.05) is 20.2 Å². The second-order valence-corrected chi connectivity index (χ2v) is 4.10. The molecule has 1 fully saturated rings. The zero-order valence-electron chi connectivity index (χ0n) is 10.3. The van der Waals surface area contributed by atoms with E-state index in [-0.39, 0.29) is 13.0 Å². The van der Waals surface area contributed by atoms with Gasteiger partial charge in [-0.25, -0.2) is 9.59 Å². The molecule has 7 nitrogen and oxygen atoms in total. The number of rotatable bonds is 4. The molecule has 1 unspecified atom stereocenters. The summed E-state index contributed by atoms with van der Waals surface area (Å²) in [4.78, 5) is 35.0. The molecule has 1 rings (SSSR count). The molecule has 1 heterocycles. The fourth-order valence-corrected chi connectivity index (χ4v) is 1.91. The van der Waals surface area contributed by atoms with E-state index in [0.29, 0.717) is 13.0 Å². The minimum atomic E-state index is -0.988. The molecule has 0 spiro atoms. The summed E-state index contributed by atoms with van der Waals surface area (Å²) < 4.78 is 4.44. The van der Waals surface area contributed by atoms with Crippen molar-refractivity contribution in [2.24, 2.45) is 0 Å². The van der Waals surface area contributed by atoms with Gasteiger partial charge in [-0.3, -0.25) is 4.79 Å². The normalized spacial score (nSPS) is 19.2. The Hall–Kier alpha value is -1.79. The van der Waals surface area contributed by atoms with Gasteiger partial charge in [0, 0.05) is 13.1 Å². The highest BCUT2D eigenvalue weighted by molar-refractivity contribution is 5.83. The van der Waals surface area contributed by atoms with Crippen molar-refractivity contribution in [1.82, 2.24) is 10.2 Å². The van der Waals surface area contributed by atoms with Crippen LogP contribution in [0.15, 0.2) is 0 Å². The molecule has 0 bridgehead atoms. The Labute approximate surface area is 105 Å². The third kappa shape index (κ3) is 3.90. The molecule has 102 valence electrons. The van der Waals surface area contributed by atoms with Crippen LogP contribution < -0.4 is 5.32 Å². The summed E-state index contributed by atoms with van der Waals surface area (Å²) in [5.74, 6) is -1.40. The molecule has 1 saturated heterocycles. The van der Waals surface area contributed by atoms with Crippen LogP contribution in [0.5, 0.6) is 0 Å². The molecular weight excluding hydrogens is 240 g/mol. The largest absolute Gasteiger partial charge is 0.480 e. The van der Waals surface area contributed by atoms with Crippen molar-refractivity contribution in [3.05, 3.63) is 0 Å². The van der Waals surface area contributed by atoms with E-state index >= 15 is 0 Å². The molecule has 2 N–H and O–H groups in total. The van der Waals surface area contributed by atoms with Gasteiger partial charge in [0.2, 0.25) is 0 Å². The summed E-state index contributed by atoms with van der Waals surface area (Å²) in [6.45, 7) is 0.579. The number of carboxylic acid groups (broad SMARTS) is 1. The summed E-state index contributed by atoms with van der Waals surface area (Å²) in [6, 6.07) is -1.21. The summed E-state index contributed by atoms with van der Waals surface area (Å²) in [6.07, 6.45) is 2.16. The van der Waals surface area contributed by atoms with E-state index in [2.05, 4.69) is 10.1 Å². The topological polar surface area (TPSA) is 95.9 Å². The van der Waals surface area contributed by atoms with Crippen LogP contribution in [-0.4, -0.2) is 54.2 Å². The summed E-state index contributed by atoms with van der Waals surface area (Å²) in [7, 11) is 1.27. The summed E-state index contributed by atoms with van der Waals surface area (Å²) in [5, 5.41) is 11.5. The fourth-order valence-electron chi connectivity index (χ4n) is 1.91. The van der Waals surface area contributed by atoms with Crippen molar-refractivity contribution in [3.63, 3.8) is 0 Å². The van der Waals surface area contributed by atoms with Gasteiger partial charge in [-0.05, 0) is 19.3 Å².